The van der Waals surface area contributed by atoms with Crippen molar-refractivity contribution in [1.82, 2.24) is 5.32 Å². The van der Waals surface area contributed by atoms with Crippen LogP contribution in [-0.4, -0.2) is 12.5 Å². The standard InChI is InChI=1S/C13H18F2N2O/c1-8(17-7-13(2,3)12(16)18)9-5-4-6-10(14)11(9)15/h4-6,8,17H,7H2,1-3H3,(H2,16,18). The number of carbonyl (C=O) groups is 1. The molecular formula is C13H18F2N2O. The van der Waals surface area contributed by atoms with E-state index in [9.17, 15) is 13.6 Å². The molecule has 1 atom stereocenters. The number of nitrogens with two attached hydrogens (primary N) is 1. The number of nitrogens with one attached hydrogen (secondary N) is 1. The minimum absolute atomic E-state index is 0.232. The van der Waals surface area contributed by atoms with Gasteiger partial charge in [0.1, 0.15) is 0 Å². The number of hydrogen-bond donors (Lipinski definition) is 2. The third kappa shape index (κ3) is 3.26. The van der Waals surface area contributed by atoms with Crippen LogP contribution in [0.3, 0.4) is 0 Å². The van der Waals surface area contributed by atoms with Gasteiger partial charge in [-0.15, -0.1) is 0 Å². The molecule has 0 bridgehead atoms. The Morgan fingerprint density at radius 3 is 2.61 bits per heavy atom. The summed E-state index contributed by atoms with van der Waals surface area (Å²) in [6.07, 6.45) is 0. The van der Waals surface area contributed by atoms with Crippen molar-refractivity contribution in [3.63, 3.8) is 0 Å². The van der Waals surface area contributed by atoms with Gasteiger partial charge in [-0.25, -0.2) is 8.78 Å². The zero-order valence-electron chi connectivity index (χ0n) is 10.8. The number of halogens is 2. The van der Waals surface area contributed by atoms with Crippen LogP contribution in [0.4, 0.5) is 8.78 Å². The van der Waals surface area contributed by atoms with Gasteiger partial charge in [0.25, 0.3) is 0 Å². The molecule has 100 valence electrons. The van der Waals surface area contributed by atoms with Gasteiger partial charge >= 0.3 is 0 Å². The van der Waals surface area contributed by atoms with Crippen LogP contribution in [0.2, 0.25) is 0 Å². The van der Waals surface area contributed by atoms with Gasteiger partial charge in [0.2, 0.25) is 5.91 Å². The maximum absolute atomic E-state index is 13.5. The van der Waals surface area contributed by atoms with Gasteiger partial charge in [0, 0.05) is 18.2 Å². The van der Waals surface area contributed by atoms with Crippen molar-refractivity contribution in [1.29, 1.82) is 0 Å². The van der Waals surface area contributed by atoms with Crippen molar-refractivity contribution >= 4 is 5.91 Å². The molecule has 18 heavy (non-hydrogen) atoms. The zero-order chi connectivity index (χ0) is 13.9. The molecule has 1 unspecified atom stereocenters. The predicted octanol–water partition coefficient (Wildman–Crippen LogP) is 2.13. The molecule has 5 heteroatoms. The van der Waals surface area contributed by atoms with E-state index in [1.807, 2.05) is 0 Å². The smallest absolute Gasteiger partial charge is 0.224 e. The van der Waals surface area contributed by atoms with Crippen LogP contribution < -0.4 is 11.1 Å². The maximum atomic E-state index is 13.5. The van der Waals surface area contributed by atoms with E-state index in [4.69, 9.17) is 5.73 Å². The topological polar surface area (TPSA) is 55.1 Å². The molecule has 0 saturated heterocycles. The summed E-state index contributed by atoms with van der Waals surface area (Å²) in [5.41, 5.74) is 4.73. The number of amides is 1. The molecule has 1 aromatic carbocycles. The molecule has 0 spiro atoms. The second kappa shape index (κ2) is 5.44. The van der Waals surface area contributed by atoms with Crippen LogP contribution in [0.5, 0.6) is 0 Å². The highest BCUT2D eigenvalue weighted by atomic mass is 19.2. The molecule has 1 rings (SSSR count). The van der Waals surface area contributed by atoms with Gasteiger partial charge in [0.15, 0.2) is 11.6 Å². The maximum Gasteiger partial charge on any atom is 0.224 e. The number of carbonyl (C=O) groups excluding carboxylic acids is 1. The molecule has 0 saturated carbocycles. The second-order valence-corrected chi connectivity index (χ2v) is 4.99. The third-order valence-corrected chi connectivity index (χ3v) is 2.97. The van der Waals surface area contributed by atoms with E-state index in [1.54, 1.807) is 20.8 Å². The summed E-state index contributed by atoms with van der Waals surface area (Å²) < 4.78 is 26.6. The summed E-state index contributed by atoms with van der Waals surface area (Å²) >= 11 is 0. The van der Waals surface area contributed by atoms with Crippen LogP contribution in [0.1, 0.15) is 32.4 Å². The molecular weight excluding hydrogens is 238 g/mol. The highest BCUT2D eigenvalue weighted by Crippen LogP contribution is 2.20. The molecule has 0 aliphatic rings. The zero-order valence-corrected chi connectivity index (χ0v) is 10.8. The van der Waals surface area contributed by atoms with Gasteiger partial charge in [-0.3, -0.25) is 4.79 Å². The molecule has 3 N–H and O–H groups in total. The van der Waals surface area contributed by atoms with Gasteiger partial charge in [0.05, 0.1) is 5.41 Å². The molecule has 0 fully saturated rings. The van der Waals surface area contributed by atoms with Gasteiger partial charge in [-0.2, -0.15) is 0 Å². The SMILES string of the molecule is CC(NCC(C)(C)C(N)=O)c1cccc(F)c1F. The van der Waals surface area contributed by atoms with E-state index >= 15 is 0 Å². The van der Waals surface area contributed by atoms with Crippen LogP contribution in [0.15, 0.2) is 18.2 Å². The van der Waals surface area contributed by atoms with E-state index in [0.717, 1.165) is 6.07 Å². The Bertz CT molecular complexity index is 447. The predicted molar refractivity (Wildman–Crippen MR) is 65.8 cm³/mol. The Morgan fingerprint density at radius 1 is 1.44 bits per heavy atom. The minimum Gasteiger partial charge on any atom is -0.369 e. The van der Waals surface area contributed by atoms with Crippen molar-refractivity contribution in [3.05, 3.63) is 35.4 Å². The molecule has 0 aromatic heterocycles. The Kier molecular flexibility index (Phi) is 4.40. The Hall–Kier alpha value is -1.49. The molecule has 0 aliphatic carbocycles. The van der Waals surface area contributed by atoms with E-state index in [2.05, 4.69) is 5.32 Å². The lowest BCUT2D eigenvalue weighted by molar-refractivity contribution is -0.125. The number of primary amides is 1. The van der Waals surface area contributed by atoms with Crippen molar-refractivity contribution in [3.8, 4) is 0 Å². The first-order valence-electron chi connectivity index (χ1n) is 5.73. The number of hydrogen-bond acceptors (Lipinski definition) is 2. The van der Waals surface area contributed by atoms with E-state index in [0.29, 0.717) is 6.54 Å². The van der Waals surface area contributed by atoms with Gasteiger partial charge in [-0.05, 0) is 26.8 Å². The fourth-order valence-corrected chi connectivity index (χ4v) is 1.46. The molecule has 3 nitrogen and oxygen atoms in total. The summed E-state index contributed by atoms with van der Waals surface area (Å²) in [4.78, 5) is 11.1. The molecule has 0 heterocycles. The Balaban J connectivity index is 2.75. The summed E-state index contributed by atoms with van der Waals surface area (Å²) in [7, 11) is 0. The van der Waals surface area contributed by atoms with Crippen LogP contribution >= 0.6 is 0 Å². The summed E-state index contributed by atoms with van der Waals surface area (Å²) in [5, 5.41) is 2.98. The van der Waals surface area contributed by atoms with Gasteiger partial charge < -0.3 is 11.1 Å². The molecule has 0 aliphatic heterocycles. The van der Waals surface area contributed by atoms with Crippen LogP contribution in [-0.2, 0) is 4.79 Å². The highest BCUT2D eigenvalue weighted by Gasteiger charge is 2.26. The summed E-state index contributed by atoms with van der Waals surface area (Å²) in [6, 6.07) is 3.62. The first-order chi connectivity index (χ1) is 8.25. The van der Waals surface area contributed by atoms with E-state index in [-0.39, 0.29) is 5.56 Å². The molecule has 1 aromatic rings. The lowest BCUT2D eigenvalue weighted by Gasteiger charge is -2.24. The Labute approximate surface area is 105 Å². The lowest BCUT2D eigenvalue weighted by Crippen LogP contribution is -2.41. The van der Waals surface area contributed by atoms with Crippen molar-refractivity contribution < 1.29 is 13.6 Å². The largest absolute Gasteiger partial charge is 0.369 e. The van der Waals surface area contributed by atoms with Crippen LogP contribution in [0.25, 0.3) is 0 Å². The van der Waals surface area contributed by atoms with Crippen molar-refractivity contribution in [2.75, 3.05) is 6.54 Å². The second-order valence-electron chi connectivity index (χ2n) is 4.99. The van der Waals surface area contributed by atoms with E-state index < -0.39 is 29.0 Å². The average molecular weight is 256 g/mol. The van der Waals surface area contributed by atoms with Crippen LogP contribution in [0, 0.1) is 17.0 Å². The van der Waals surface area contributed by atoms with Crippen molar-refractivity contribution in [2.24, 2.45) is 11.1 Å². The highest BCUT2D eigenvalue weighted by molar-refractivity contribution is 5.80. The first-order valence-corrected chi connectivity index (χ1v) is 5.73. The van der Waals surface area contributed by atoms with Crippen molar-refractivity contribution in [2.45, 2.75) is 26.8 Å². The fraction of sp³-hybridized carbons (Fsp3) is 0.462. The number of rotatable bonds is 5. The quantitative estimate of drug-likeness (QED) is 0.848. The molecule has 0 radical (unpaired) electrons. The first kappa shape index (κ1) is 14.6. The summed E-state index contributed by atoms with van der Waals surface area (Å²) in [6.45, 7) is 5.38. The van der Waals surface area contributed by atoms with E-state index in [1.165, 1.54) is 12.1 Å². The number of benzene rings is 1. The normalized spacial score (nSPS) is 13.4. The fourth-order valence-electron chi connectivity index (χ4n) is 1.46. The minimum atomic E-state index is -0.879. The Morgan fingerprint density at radius 2 is 2.06 bits per heavy atom. The van der Waals surface area contributed by atoms with Gasteiger partial charge in [-0.1, -0.05) is 12.1 Å². The average Bonchev–Trinajstić information content (AvgIpc) is 2.29. The third-order valence-electron chi connectivity index (χ3n) is 2.97. The summed E-state index contributed by atoms with van der Waals surface area (Å²) in [5.74, 6) is -2.19. The monoisotopic (exact) mass is 256 g/mol. The lowest BCUT2D eigenvalue weighted by atomic mass is 9.92. The molecule has 1 amide bonds.